The van der Waals surface area contributed by atoms with Crippen molar-refractivity contribution in [3.8, 4) is 0 Å². The quantitative estimate of drug-likeness (QED) is 0.185. The van der Waals surface area contributed by atoms with Gasteiger partial charge in [0.05, 0.1) is 22.3 Å². The van der Waals surface area contributed by atoms with Gasteiger partial charge in [-0.05, 0) is 31.3 Å². The Morgan fingerprint density at radius 2 is 1.97 bits per heavy atom. The Labute approximate surface area is 185 Å². The van der Waals surface area contributed by atoms with E-state index in [1.807, 2.05) is 20.1 Å². The molecular formula is C20H35NO5S2Si. The lowest BCUT2D eigenvalue weighted by atomic mass is 9.77. The molecule has 1 N–H and O–H groups in total. The summed E-state index contributed by atoms with van der Waals surface area (Å²) in [4.78, 5) is 26.3. The van der Waals surface area contributed by atoms with Crippen LogP contribution >= 0.6 is 24.0 Å². The first-order chi connectivity index (χ1) is 13.2. The van der Waals surface area contributed by atoms with Crippen LogP contribution in [0, 0.1) is 11.8 Å². The highest BCUT2D eigenvalue weighted by Gasteiger charge is 2.58. The van der Waals surface area contributed by atoms with Crippen LogP contribution in [-0.4, -0.2) is 65.6 Å². The third-order valence-electron chi connectivity index (χ3n) is 5.92. The Kier molecular flexibility index (Phi) is 9.11. The summed E-state index contributed by atoms with van der Waals surface area (Å²) >= 11 is 6.89. The molecule has 0 bridgehead atoms. The molecule has 0 radical (unpaired) electrons. The van der Waals surface area contributed by atoms with Crippen molar-refractivity contribution in [2.24, 2.45) is 11.8 Å². The highest BCUT2D eigenvalue weighted by molar-refractivity contribution is 8.22. The van der Waals surface area contributed by atoms with E-state index in [1.165, 1.54) is 22.7 Å². The van der Waals surface area contributed by atoms with Gasteiger partial charge in [-0.1, -0.05) is 52.6 Å². The van der Waals surface area contributed by atoms with Gasteiger partial charge in [-0.2, -0.15) is 0 Å². The lowest BCUT2D eigenvalue weighted by Gasteiger charge is -2.54. The Hall–Kier alpha value is -0.743. The van der Waals surface area contributed by atoms with E-state index in [4.69, 9.17) is 21.4 Å². The molecule has 0 aliphatic carbocycles. The van der Waals surface area contributed by atoms with E-state index >= 15 is 0 Å². The van der Waals surface area contributed by atoms with E-state index in [0.29, 0.717) is 4.20 Å². The number of aliphatic hydroxyl groups is 1. The Balaban J connectivity index is 3.14. The number of ether oxygens (including phenoxy) is 1. The predicted molar refractivity (Wildman–Crippen MR) is 124 cm³/mol. The number of β-lactam (4-membered cyclic amide) rings is 1. The fourth-order valence-corrected chi connectivity index (χ4v) is 5.32. The van der Waals surface area contributed by atoms with Crippen LogP contribution in [-0.2, 0) is 18.8 Å². The first kappa shape index (κ1) is 26.3. The van der Waals surface area contributed by atoms with Gasteiger partial charge in [0.1, 0.15) is 6.61 Å². The van der Waals surface area contributed by atoms with E-state index in [-0.39, 0.29) is 29.6 Å². The maximum atomic E-state index is 13.0. The number of nitrogens with zero attached hydrogens (tertiary/aromatic N) is 1. The third kappa shape index (κ3) is 5.69. The number of esters is 1. The zero-order valence-electron chi connectivity index (χ0n) is 18.7. The van der Waals surface area contributed by atoms with Crippen LogP contribution in [0.1, 0.15) is 34.6 Å². The summed E-state index contributed by atoms with van der Waals surface area (Å²) in [6.07, 6.45) is 1.26. The fraction of sp³-hybridized carbons (Fsp3) is 0.750. The van der Waals surface area contributed by atoms with Crippen LogP contribution in [0.5, 0.6) is 0 Å². The molecule has 0 unspecified atom stereocenters. The van der Waals surface area contributed by atoms with Crippen LogP contribution in [0.4, 0.5) is 0 Å². The highest BCUT2D eigenvalue weighted by atomic mass is 32.2. The molecule has 1 heterocycles. The first-order valence-electron chi connectivity index (χ1n) is 9.74. The molecule has 166 valence electrons. The molecule has 0 aromatic carbocycles. The number of amides is 1. The molecule has 1 fully saturated rings. The van der Waals surface area contributed by atoms with Crippen LogP contribution < -0.4 is 0 Å². The summed E-state index contributed by atoms with van der Waals surface area (Å²) in [6.45, 7) is 18.0. The third-order valence-corrected chi connectivity index (χ3v) is 12.1. The van der Waals surface area contributed by atoms with E-state index in [9.17, 15) is 14.7 Å². The van der Waals surface area contributed by atoms with Crippen molar-refractivity contribution < 1.29 is 23.9 Å². The summed E-state index contributed by atoms with van der Waals surface area (Å²) < 4.78 is 12.1. The SMILES string of the molecule is C=CCOC(=O)[C@H](O)N1C(=O)[C@H]([C@H](C)O[Si](C)(C)C(C)(C)C)[C@H]1[C@@H](C)C(=S)SC. The van der Waals surface area contributed by atoms with Gasteiger partial charge < -0.3 is 19.2 Å². The number of carbonyl (C=O) groups is 2. The van der Waals surface area contributed by atoms with Crippen molar-refractivity contribution in [3.05, 3.63) is 12.7 Å². The molecule has 0 saturated carbocycles. The second kappa shape index (κ2) is 10.0. The topological polar surface area (TPSA) is 76.1 Å². The molecule has 1 amide bonds. The maximum Gasteiger partial charge on any atom is 0.356 e. The number of hydrogen-bond acceptors (Lipinski definition) is 7. The van der Waals surface area contributed by atoms with E-state index in [1.54, 1.807) is 0 Å². The van der Waals surface area contributed by atoms with Crippen LogP contribution in [0.2, 0.25) is 18.1 Å². The van der Waals surface area contributed by atoms with Crippen molar-refractivity contribution in [1.29, 1.82) is 0 Å². The monoisotopic (exact) mass is 461 g/mol. The Bertz CT molecular complexity index is 649. The molecule has 9 heteroatoms. The van der Waals surface area contributed by atoms with Crippen LogP contribution in [0.3, 0.4) is 0 Å². The average molecular weight is 462 g/mol. The lowest BCUT2D eigenvalue weighted by molar-refractivity contribution is -0.198. The van der Waals surface area contributed by atoms with E-state index in [0.717, 1.165) is 0 Å². The molecule has 1 saturated heterocycles. The van der Waals surface area contributed by atoms with Crippen molar-refractivity contribution in [3.63, 3.8) is 0 Å². The van der Waals surface area contributed by atoms with Gasteiger partial charge in [0, 0.05) is 5.92 Å². The number of carbonyl (C=O) groups excluding carboxylic acids is 2. The molecule has 1 aliphatic rings. The first-order valence-corrected chi connectivity index (χ1v) is 14.3. The molecule has 0 aromatic heterocycles. The zero-order chi connectivity index (χ0) is 22.7. The second-order valence-electron chi connectivity index (χ2n) is 8.95. The minimum Gasteiger partial charge on any atom is -0.458 e. The maximum absolute atomic E-state index is 13.0. The fourth-order valence-electron chi connectivity index (χ4n) is 3.24. The number of hydrogen-bond donors (Lipinski definition) is 1. The summed E-state index contributed by atoms with van der Waals surface area (Å²) in [5.74, 6) is -1.87. The molecule has 1 aliphatic heterocycles. The van der Waals surface area contributed by atoms with Gasteiger partial charge >= 0.3 is 5.97 Å². The molecule has 6 nitrogen and oxygen atoms in total. The van der Waals surface area contributed by atoms with Gasteiger partial charge in [-0.15, -0.1) is 11.8 Å². The average Bonchev–Trinajstić information content (AvgIpc) is 2.61. The van der Waals surface area contributed by atoms with Gasteiger partial charge in [0.2, 0.25) is 12.1 Å². The number of aliphatic hydroxyl groups excluding tert-OH is 1. The van der Waals surface area contributed by atoms with Crippen LogP contribution in [0.15, 0.2) is 12.7 Å². The Morgan fingerprint density at radius 3 is 2.41 bits per heavy atom. The van der Waals surface area contributed by atoms with Gasteiger partial charge in [0.15, 0.2) is 8.32 Å². The van der Waals surface area contributed by atoms with Crippen molar-refractivity contribution >= 4 is 48.4 Å². The predicted octanol–water partition coefficient (Wildman–Crippen LogP) is 3.60. The summed E-state index contributed by atoms with van der Waals surface area (Å²) in [5, 5.41) is 10.5. The molecular weight excluding hydrogens is 426 g/mol. The minimum atomic E-state index is -2.11. The number of thiocarbonyl (C=S) groups is 1. The van der Waals surface area contributed by atoms with Crippen molar-refractivity contribution in [2.75, 3.05) is 12.9 Å². The summed E-state index contributed by atoms with van der Waals surface area (Å²) in [7, 11) is -2.11. The highest BCUT2D eigenvalue weighted by Crippen LogP contribution is 2.43. The Morgan fingerprint density at radius 1 is 1.41 bits per heavy atom. The normalized spacial score (nSPS) is 23.1. The number of rotatable bonds is 9. The van der Waals surface area contributed by atoms with Crippen molar-refractivity contribution in [1.82, 2.24) is 4.90 Å². The van der Waals surface area contributed by atoms with E-state index in [2.05, 4.69) is 40.4 Å². The minimum absolute atomic E-state index is 0.00255. The number of thioether (sulfide) groups is 1. The van der Waals surface area contributed by atoms with Crippen molar-refractivity contribution in [2.45, 2.75) is 71.1 Å². The molecule has 0 aromatic rings. The van der Waals surface area contributed by atoms with Crippen LogP contribution in [0.25, 0.3) is 0 Å². The zero-order valence-corrected chi connectivity index (χ0v) is 21.4. The summed E-state index contributed by atoms with van der Waals surface area (Å²) in [6, 6.07) is -0.437. The van der Waals surface area contributed by atoms with Gasteiger partial charge in [-0.3, -0.25) is 4.79 Å². The number of likely N-dealkylation sites (tertiary alicyclic amines) is 1. The largest absolute Gasteiger partial charge is 0.458 e. The molecule has 1 rings (SSSR count). The molecule has 5 atom stereocenters. The van der Waals surface area contributed by atoms with Gasteiger partial charge in [0.25, 0.3) is 0 Å². The smallest absolute Gasteiger partial charge is 0.356 e. The second-order valence-corrected chi connectivity index (χ2v) is 15.3. The lowest BCUT2D eigenvalue weighted by Crippen LogP contribution is -2.72. The van der Waals surface area contributed by atoms with E-state index < -0.39 is 32.5 Å². The van der Waals surface area contributed by atoms with Gasteiger partial charge in [-0.25, -0.2) is 4.79 Å². The molecule has 0 spiro atoms. The standard InChI is InChI=1S/C20H35NO5S2Si/c1-10-11-25-18(24)17(23)21-15(12(2)19(27)28-7)14(16(21)22)13(3)26-29(8,9)20(4,5)6/h10,12-15,17,23H,1,11H2,2-9H3/t12-,13+,14-,15-,17+/m1/s1. The summed E-state index contributed by atoms with van der Waals surface area (Å²) in [5.41, 5.74) is 0. The molecule has 29 heavy (non-hydrogen) atoms.